The lowest BCUT2D eigenvalue weighted by molar-refractivity contribution is -0.140. The number of hydrogen-bond donors (Lipinski definition) is 0. The van der Waals surface area contributed by atoms with Gasteiger partial charge in [0.05, 0.1) is 12.7 Å². The van der Waals surface area contributed by atoms with Crippen molar-refractivity contribution in [2.45, 2.75) is 13.0 Å². The number of amides is 1. The molecule has 1 fully saturated rings. The SMILES string of the molecule is C[C@@H]1CN(C(=O)COc2cccc(F)c2)CCO1. The number of hydrogen-bond acceptors (Lipinski definition) is 3. The van der Waals surface area contributed by atoms with E-state index in [0.29, 0.717) is 25.4 Å². The minimum Gasteiger partial charge on any atom is -0.484 e. The molecule has 0 bridgehead atoms. The van der Waals surface area contributed by atoms with Crippen molar-refractivity contribution >= 4 is 5.91 Å². The van der Waals surface area contributed by atoms with Gasteiger partial charge in [0.2, 0.25) is 0 Å². The third-order valence-corrected chi connectivity index (χ3v) is 2.75. The molecule has 1 heterocycles. The lowest BCUT2D eigenvalue weighted by Crippen LogP contribution is -2.46. The van der Waals surface area contributed by atoms with Crippen LogP contribution in [0.5, 0.6) is 5.75 Å². The summed E-state index contributed by atoms with van der Waals surface area (Å²) in [5.74, 6) is -0.112. The topological polar surface area (TPSA) is 38.8 Å². The third-order valence-electron chi connectivity index (χ3n) is 2.75. The predicted molar refractivity (Wildman–Crippen MR) is 63.9 cm³/mol. The minimum absolute atomic E-state index is 0.0527. The summed E-state index contributed by atoms with van der Waals surface area (Å²) in [7, 11) is 0. The minimum atomic E-state index is -0.375. The maximum Gasteiger partial charge on any atom is 0.260 e. The van der Waals surface area contributed by atoms with Crippen molar-refractivity contribution in [2.24, 2.45) is 0 Å². The second-order valence-corrected chi connectivity index (χ2v) is 4.27. The molecule has 1 aromatic carbocycles. The van der Waals surface area contributed by atoms with Gasteiger partial charge in [-0.15, -0.1) is 0 Å². The number of carbonyl (C=O) groups is 1. The predicted octanol–water partition coefficient (Wildman–Crippen LogP) is 1.45. The van der Waals surface area contributed by atoms with E-state index in [1.54, 1.807) is 17.0 Å². The van der Waals surface area contributed by atoms with Crippen molar-refractivity contribution in [3.8, 4) is 5.75 Å². The van der Waals surface area contributed by atoms with Gasteiger partial charge in [0.15, 0.2) is 6.61 Å². The fourth-order valence-corrected chi connectivity index (χ4v) is 1.84. The molecule has 1 saturated heterocycles. The maximum atomic E-state index is 12.9. The highest BCUT2D eigenvalue weighted by atomic mass is 19.1. The van der Waals surface area contributed by atoms with E-state index < -0.39 is 0 Å². The highest BCUT2D eigenvalue weighted by molar-refractivity contribution is 5.77. The molecule has 5 heteroatoms. The van der Waals surface area contributed by atoms with Crippen LogP contribution in [0.2, 0.25) is 0 Å². The fourth-order valence-electron chi connectivity index (χ4n) is 1.84. The monoisotopic (exact) mass is 253 g/mol. The summed E-state index contributed by atoms with van der Waals surface area (Å²) in [6.45, 7) is 3.55. The van der Waals surface area contributed by atoms with Crippen molar-refractivity contribution in [3.05, 3.63) is 30.1 Å². The largest absolute Gasteiger partial charge is 0.484 e. The number of ether oxygens (including phenoxy) is 2. The van der Waals surface area contributed by atoms with Crippen LogP contribution >= 0.6 is 0 Å². The van der Waals surface area contributed by atoms with Crippen molar-refractivity contribution in [3.63, 3.8) is 0 Å². The molecule has 0 radical (unpaired) electrons. The molecule has 0 unspecified atom stereocenters. The lowest BCUT2D eigenvalue weighted by atomic mass is 10.3. The van der Waals surface area contributed by atoms with Crippen molar-refractivity contribution in [1.29, 1.82) is 0 Å². The van der Waals surface area contributed by atoms with Gasteiger partial charge < -0.3 is 14.4 Å². The van der Waals surface area contributed by atoms with Gasteiger partial charge in [-0.1, -0.05) is 6.07 Å². The molecule has 2 rings (SSSR count). The van der Waals surface area contributed by atoms with Crippen LogP contribution in [0.4, 0.5) is 4.39 Å². The molecular formula is C13H16FNO3. The van der Waals surface area contributed by atoms with Gasteiger partial charge in [-0.2, -0.15) is 0 Å². The number of rotatable bonds is 3. The van der Waals surface area contributed by atoms with Gasteiger partial charge in [0, 0.05) is 19.2 Å². The van der Waals surface area contributed by atoms with Gasteiger partial charge in [0.1, 0.15) is 11.6 Å². The zero-order valence-electron chi connectivity index (χ0n) is 10.3. The summed E-state index contributed by atoms with van der Waals surface area (Å²) in [5, 5.41) is 0. The number of benzene rings is 1. The van der Waals surface area contributed by atoms with E-state index in [9.17, 15) is 9.18 Å². The zero-order chi connectivity index (χ0) is 13.0. The standard InChI is InChI=1S/C13H16FNO3/c1-10-8-15(5-6-17-10)13(16)9-18-12-4-2-3-11(14)7-12/h2-4,7,10H,5-6,8-9H2,1H3/t10-/m1/s1. The molecule has 1 aliphatic heterocycles. The molecule has 0 aliphatic carbocycles. The molecule has 1 aliphatic rings. The molecule has 1 aromatic rings. The summed E-state index contributed by atoms with van der Waals surface area (Å²) < 4.78 is 23.5. The first kappa shape index (κ1) is 12.8. The summed E-state index contributed by atoms with van der Waals surface area (Å²) >= 11 is 0. The second kappa shape index (κ2) is 5.82. The number of morpholine rings is 1. The van der Waals surface area contributed by atoms with Crippen LogP contribution in [0.1, 0.15) is 6.92 Å². The highest BCUT2D eigenvalue weighted by Crippen LogP contribution is 2.12. The highest BCUT2D eigenvalue weighted by Gasteiger charge is 2.21. The van der Waals surface area contributed by atoms with Gasteiger partial charge >= 0.3 is 0 Å². The van der Waals surface area contributed by atoms with E-state index >= 15 is 0 Å². The Kier molecular flexibility index (Phi) is 4.15. The summed E-state index contributed by atoms with van der Waals surface area (Å²) in [6, 6.07) is 5.76. The van der Waals surface area contributed by atoms with Crippen molar-refractivity contribution in [2.75, 3.05) is 26.3 Å². The van der Waals surface area contributed by atoms with Crippen LogP contribution in [-0.2, 0) is 9.53 Å². The lowest BCUT2D eigenvalue weighted by Gasteiger charge is -2.31. The molecule has 4 nitrogen and oxygen atoms in total. The molecule has 18 heavy (non-hydrogen) atoms. The smallest absolute Gasteiger partial charge is 0.260 e. The van der Waals surface area contributed by atoms with E-state index in [4.69, 9.17) is 9.47 Å². The van der Waals surface area contributed by atoms with Crippen LogP contribution in [0.15, 0.2) is 24.3 Å². The Labute approximate surface area is 105 Å². The molecule has 0 N–H and O–H groups in total. The molecule has 0 saturated carbocycles. The first-order chi connectivity index (χ1) is 8.65. The van der Waals surface area contributed by atoms with Crippen molar-refractivity contribution < 1.29 is 18.7 Å². The zero-order valence-corrected chi connectivity index (χ0v) is 10.3. The molecule has 0 aromatic heterocycles. The maximum absolute atomic E-state index is 12.9. The third kappa shape index (κ3) is 3.43. The van der Waals surface area contributed by atoms with E-state index in [1.165, 1.54) is 12.1 Å². The first-order valence-corrected chi connectivity index (χ1v) is 5.93. The second-order valence-electron chi connectivity index (χ2n) is 4.27. The quantitative estimate of drug-likeness (QED) is 0.818. The average molecular weight is 253 g/mol. The summed E-state index contributed by atoms with van der Waals surface area (Å²) in [6.07, 6.45) is 0.0527. The Morgan fingerprint density at radius 3 is 3.17 bits per heavy atom. The number of carbonyl (C=O) groups excluding carboxylic acids is 1. The molecule has 98 valence electrons. The van der Waals surface area contributed by atoms with Gasteiger partial charge in [-0.05, 0) is 19.1 Å². The van der Waals surface area contributed by atoms with Crippen LogP contribution < -0.4 is 4.74 Å². The number of nitrogens with zero attached hydrogens (tertiary/aromatic N) is 1. The van der Waals surface area contributed by atoms with Crippen LogP contribution in [0.3, 0.4) is 0 Å². The Balaban J connectivity index is 1.84. The van der Waals surface area contributed by atoms with Gasteiger partial charge in [-0.3, -0.25) is 4.79 Å². The van der Waals surface area contributed by atoms with E-state index in [-0.39, 0.29) is 24.4 Å². The Morgan fingerprint density at radius 2 is 2.44 bits per heavy atom. The normalized spacial score (nSPS) is 19.7. The van der Waals surface area contributed by atoms with Gasteiger partial charge in [-0.25, -0.2) is 4.39 Å². The van der Waals surface area contributed by atoms with Crippen LogP contribution in [0, 0.1) is 5.82 Å². The summed E-state index contributed by atoms with van der Waals surface area (Å²) in [5.41, 5.74) is 0. The summed E-state index contributed by atoms with van der Waals surface area (Å²) in [4.78, 5) is 13.6. The van der Waals surface area contributed by atoms with E-state index in [2.05, 4.69) is 0 Å². The van der Waals surface area contributed by atoms with Crippen molar-refractivity contribution in [1.82, 2.24) is 4.90 Å². The number of halogens is 1. The van der Waals surface area contributed by atoms with Crippen LogP contribution in [0.25, 0.3) is 0 Å². The molecular weight excluding hydrogens is 237 g/mol. The first-order valence-electron chi connectivity index (χ1n) is 5.93. The Morgan fingerprint density at radius 1 is 1.61 bits per heavy atom. The Bertz CT molecular complexity index is 424. The van der Waals surface area contributed by atoms with E-state index in [1.807, 2.05) is 6.92 Å². The molecule has 1 amide bonds. The molecule has 0 spiro atoms. The Hall–Kier alpha value is -1.62. The fraction of sp³-hybridized carbons (Fsp3) is 0.462. The molecule has 1 atom stereocenters. The van der Waals surface area contributed by atoms with E-state index in [0.717, 1.165) is 0 Å². The average Bonchev–Trinajstić information content (AvgIpc) is 2.36. The van der Waals surface area contributed by atoms with Crippen LogP contribution in [-0.4, -0.2) is 43.2 Å². The van der Waals surface area contributed by atoms with Gasteiger partial charge in [0.25, 0.3) is 5.91 Å².